The number of primary amides is 1. The van der Waals surface area contributed by atoms with Crippen molar-refractivity contribution in [2.24, 2.45) is 5.73 Å². The van der Waals surface area contributed by atoms with Crippen LogP contribution in [0.4, 0.5) is 4.39 Å². The Bertz CT molecular complexity index is 568. The van der Waals surface area contributed by atoms with Crippen LogP contribution in [0.2, 0.25) is 0 Å². The molecule has 0 aliphatic carbocycles. The number of rotatable bonds is 4. The molecule has 1 amide bonds. The van der Waals surface area contributed by atoms with E-state index in [1.807, 2.05) is 0 Å². The van der Waals surface area contributed by atoms with Crippen molar-refractivity contribution >= 4 is 17.2 Å². The van der Waals surface area contributed by atoms with E-state index < -0.39 is 12.0 Å². The van der Waals surface area contributed by atoms with Crippen LogP contribution < -0.4 is 10.5 Å². The lowest BCUT2D eigenvalue weighted by Crippen LogP contribution is -2.12. The van der Waals surface area contributed by atoms with Gasteiger partial charge in [-0.25, -0.2) is 4.39 Å². The van der Waals surface area contributed by atoms with Gasteiger partial charge in [-0.1, -0.05) is 18.2 Å². The van der Waals surface area contributed by atoms with Gasteiger partial charge < -0.3 is 10.5 Å². The molecule has 2 aromatic rings. The fourth-order valence-corrected chi connectivity index (χ4v) is 2.30. The maximum atomic E-state index is 13.6. The highest BCUT2D eigenvalue weighted by atomic mass is 32.1. The first-order chi connectivity index (χ1) is 8.59. The first-order valence-corrected chi connectivity index (χ1v) is 6.26. The minimum Gasteiger partial charge on any atom is -0.484 e. The number of thiophene rings is 1. The van der Waals surface area contributed by atoms with Crippen LogP contribution in [0.1, 0.15) is 28.3 Å². The second kappa shape index (κ2) is 5.18. The number of benzene rings is 1. The van der Waals surface area contributed by atoms with E-state index >= 15 is 0 Å². The van der Waals surface area contributed by atoms with Crippen LogP contribution in [-0.4, -0.2) is 5.91 Å². The normalized spacial score (nSPS) is 12.1. The summed E-state index contributed by atoms with van der Waals surface area (Å²) < 4.78 is 19.1. The van der Waals surface area contributed by atoms with Crippen molar-refractivity contribution in [1.82, 2.24) is 0 Å². The minimum absolute atomic E-state index is 0.333. The van der Waals surface area contributed by atoms with Gasteiger partial charge >= 0.3 is 0 Å². The Morgan fingerprint density at radius 2 is 2.11 bits per heavy atom. The van der Waals surface area contributed by atoms with Crippen LogP contribution in [0.5, 0.6) is 5.75 Å². The van der Waals surface area contributed by atoms with Crippen molar-refractivity contribution in [2.75, 3.05) is 0 Å². The summed E-state index contributed by atoms with van der Waals surface area (Å²) in [5, 5.41) is 1.71. The molecule has 0 aliphatic rings. The monoisotopic (exact) mass is 265 g/mol. The second-order valence-corrected chi connectivity index (χ2v) is 4.68. The van der Waals surface area contributed by atoms with Gasteiger partial charge in [0.2, 0.25) is 0 Å². The summed E-state index contributed by atoms with van der Waals surface area (Å²) in [4.78, 5) is 11.5. The molecule has 1 aromatic carbocycles. The molecular formula is C13H12FNO2S. The highest BCUT2D eigenvalue weighted by Gasteiger charge is 2.16. The maximum absolute atomic E-state index is 13.6. The fourth-order valence-electron chi connectivity index (χ4n) is 1.63. The molecule has 0 aliphatic heterocycles. The van der Waals surface area contributed by atoms with Crippen molar-refractivity contribution in [1.29, 1.82) is 0 Å². The lowest BCUT2D eigenvalue weighted by atomic mass is 10.1. The van der Waals surface area contributed by atoms with Gasteiger partial charge in [0.1, 0.15) is 22.5 Å². The van der Waals surface area contributed by atoms with Crippen molar-refractivity contribution in [2.45, 2.75) is 13.0 Å². The predicted octanol–water partition coefficient (Wildman–Crippen LogP) is 3.13. The third kappa shape index (κ3) is 2.51. The van der Waals surface area contributed by atoms with E-state index in [0.717, 1.165) is 0 Å². The van der Waals surface area contributed by atoms with E-state index in [2.05, 4.69) is 0 Å². The zero-order chi connectivity index (χ0) is 13.1. The largest absolute Gasteiger partial charge is 0.484 e. The summed E-state index contributed by atoms with van der Waals surface area (Å²) in [6.45, 7) is 1.72. The Hall–Kier alpha value is -1.88. The number of halogens is 1. The van der Waals surface area contributed by atoms with Gasteiger partial charge in [0.05, 0.1) is 0 Å². The van der Waals surface area contributed by atoms with Crippen LogP contribution in [0.15, 0.2) is 35.7 Å². The number of nitrogens with two attached hydrogens (primary N) is 1. The zero-order valence-electron chi connectivity index (χ0n) is 9.72. The van der Waals surface area contributed by atoms with Crippen molar-refractivity contribution < 1.29 is 13.9 Å². The van der Waals surface area contributed by atoms with E-state index in [1.165, 1.54) is 17.4 Å². The zero-order valence-corrected chi connectivity index (χ0v) is 10.5. The Labute approximate surface area is 108 Å². The average molecular weight is 265 g/mol. The summed E-state index contributed by atoms with van der Waals surface area (Å²) in [5.74, 6) is -0.482. The van der Waals surface area contributed by atoms with Gasteiger partial charge in [-0.2, -0.15) is 0 Å². The molecule has 0 fully saturated rings. The molecule has 18 heavy (non-hydrogen) atoms. The number of amides is 1. The van der Waals surface area contributed by atoms with Crippen LogP contribution in [0.25, 0.3) is 0 Å². The van der Waals surface area contributed by atoms with Crippen molar-refractivity contribution in [3.05, 3.63) is 52.0 Å². The second-order valence-electron chi connectivity index (χ2n) is 3.76. The molecule has 0 radical (unpaired) electrons. The highest BCUT2D eigenvalue weighted by molar-refractivity contribution is 7.12. The minimum atomic E-state index is -0.541. The molecular weight excluding hydrogens is 253 g/mol. The lowest BCUT2D eigenvalue weighted by Gasteiger charge is -2.15. The first kappa shape index (κ1) is 12.6. The summed E-state index contributed by atoms with van der Waals surface area (Å²) in [5.41, 5.74) is 5.66. The molecule has 3 nitrogen and oxygen atoms in total. The third-order valence-corrected chi connectivity index (χ3v) is 3.41. The van der Waals surface area contributed by atoms with Crippen LogP contribution >= 0.6 is 11.3 Å². The van der Waals surface area contributed by atoms with Gasteiger partial charge in [-0.05, 0) is 24.4 Å². The van der Waals surface area contributed by atoms with Gasteiger partial charge in [0, 0.05) is 5.56 Å². The van der Waals surface area contributed by atoms with Gasteiger partial charge in [0.15, 0.2) is 0 Å². The molecule has 1 unspecified atom stereocenters. The number of hydrogen-bond acceptors (Lipinski definition) is 3. The van der Waals surface area contributed by atoms with Crippen LogP contribution in [0.3, 0.4) is 0 Å². The smallest absolute Gasteiger partial charge is 0.262 e. The van der Waals surface area contributed by atoms with E-state index in [9.17, 15) is 9.18 Å². The van der Waals surface area contributed by atoms with Crippen molar-refractivity contribution in [3.8, 4) is 5.75 Å². The first-order valence-electron chi connectivity index (χ1n) is 5.38. The molecule has 94 valence electrons. The molecule has 1 atom stereocenters. The molecule has 0 spiro atoms. The molecule has 0 saturated carbocycles. The summed E-state index contributed by atoms with van der Waals surface area (Å²) >= 11 is 1.21. The molecule has 0 bridgehead atoms. The van der Waals surface area contributed by atoms with Crippen LogP contribution in [0, 0.1) is 5.82 Å². The third-order valence-electron chi connectivity index (χ3n) is 2.50. The van der Waals surface area contributed by atoms with Crippen LogP contribution in [-0.2, 0) is 0 Å². The number of carbonyl (C=O) groups is 1. The Balaban J connectivity index is 2.22. The Morgan fingerprint density at radius 3 is 2.78 bits per heavy atom. The fraction of sp³-hybridized carbons (Fsp3) is 0.154. The number of ether oxygens (including phenoxy) is 1. The Kier molecular flexibility index (Phi) is 3.62. The standard InChI is InChI=1S/C13H12FNO2S/c1-8(9-4-2-3-5-10(9)14)17-11-6-7-18-12(11)13(15)16/h2-8H,1H3,(H2,15,16). The summed E-state index contributed by atoms with van der Waals surface area (Å²) in [6, 6.07) is 8.03. The predicted molar refractivity (Wildman–Crippen MR) is 68.3 cm³/mol. The summed E-state index contributed by atoms with van der Waals surface area (Å²) in [6.07, 6.45) is -0.487. The van der Waals surface area contributed by atoms with E-state index in [-0.39, 0.29) is 5.82 Å². The summed E-state index contributed by atoms with van der Waals surface area (Å²) in [7, 11) is 0. The topological polar surface area (TPSA) is 52.3 Å². The van der Waals surface area contributed by atoms with Gasteiger partial charge in [-0.3, -0.25) is 4.79 Å². The number of hydrogen-bond donors (Lipinski definition) is 1. The molecule has 2 rings (SSSR count). The molecule has 1 heterocycles. The lowest BCUT2D eigenvalue weighted by molar-refractivity contribution is 0.0998. The molecule has 0 saturated heterocycles. The SMILES string of the molecule is CC(Oc1ccsc1C(N)=O)c1ccccc1F. The number of carbonyl (C=O) groups excluding carboxylic acids is 1. The quantitative estimate of drug-likeness (QED) is 0.923. The van der Waals surface area contributed by atoms with E-state index in [1.54, 1.807) is 36.6 Å². The maximum Gasteiger partial charge on any atom is 0.262 e. The average Bonchev–Trinajstić information content (AvgIpc) is 2.77. The van der Waals surface area contributed by atoms with Gasteiger partial charge in [-0.15, -0.1) is 11.3 Å². The molecule has 2 N–H and O–H groups in total. The Morgan fingerprint density at radius 1 is 1.39 bits per heavy atom. The molecule has 5 heteroatoms. The van der Waals surface area contributed by atoms with E-state index in [0.29, 0.717) is 16.2 Å². The van der Waals surface area contributed by atoms with Gasteiger partial charge in [0.25, 0.3) is 5.91 Å². The van der Waals surface area contributed by atoms with E-state index in [4.69, 9.17) is 10.5 Å². The molecule has 1 aromatic heterocycles. The highest BCUT2D eigenvalue weighted by Crippen LogP contribution is 2.29. The van der Waals surface area contributed by atoms with Crippen molar-refractivity contribution in [3.63, 3.8) is 0 Å².